The highest BCUT2D eigenvalue weighted by atomic mass is 32.2. The van der Waals surface area contributed by atoms with Gasteiger partial charge in [0.2, 0.25) is 11.8 Å². The molecule has 4 rings (SSSR count). The molecular formula is C22H23FN2O2S. The Bertz CT molecular complexity index is 835. The molecule has 0 N–H and O–H groups in total. The topological polar surface area (TPSA) is 40.6 Å². The summed E-state index contributed by atoms with van der Waals surface area (Å²) in [5.41, 5.74) is 1.24. The van der Waals surface area contributed by atoms with Crippen molar-refractivity contribution in [2.75, 3.05) is 31.9 Å². The minimum Gasteiger partial charge on any atom is -0.339 e. The van der Waals surface area contributed by atoms with E-state index in [1.54, 1.807) is 12.1 Å². The highest BCUT2D eigenvalue weighted by molar-refractivity contribution is 8.00. The summed E-state index contributed by atoms with van der Waals surface area (Å²) in [5.74, 6) is 0.788. The van der Waals surface area contributed by atoms with Crippen LogP contribution in [0.4, 0.5) is 4.39 Å². The molecule has 2 amide bonds. The van der Waals surface area contributed by atoms with Gasteiger partial charge < -0.3 is 9.80 Å². The van der Waals surface area contributed by atoms with Crippen molar-refractivity contribution in [1.29, 1.82) is 0 Å². The van der Waals surface area contributed by atoms with Crippen LogP contribution in [-0.2, 0) is 9.59 Å². The second kappa shape index (κ2) is 8.35. The first-order chi connectivity index (χ1) is 13.6. The largest absolute Gasteiger partial charge is 0.339 e. The predicted molar refractivity (Wildman–Crippen MR) is 108 cm³/mol. The quantitative estimate of drug-likeness (QED) is 0.725. The van der Waals surface area contributed by atoms with Gasteiger partial charge in [-0.3, -0.25) is 9.59 Å². The van der Waals surface area contributed by atoms with Gasteiger partial charge in [-0.2, -0.15) is 0 Å². The van der Waals surface area contributed by atoms with Gasteiger partial charge in [0.1, 0.15) is 5.82 Å². The lowest BCUT2D eigenvalue weighted by molar-refractivity contribution is -0.139. The first-order valence-corrected chi connectivity index (χ1v) is 10.6. The van der Waals surface area contributed by atoms with Crippen molar-refractivity contribution in [2.24, 2.45) is 5.92 Å². The number of carbonyl (C=O) groups excluding carboxylic acids is 2. The number of benzene rings is 2. The summed E-state index contributed by atoms with van der Waals surface area (Å²) in [7, 11) is 0. The van der Waals surface area contributed by atoms with Crippen LogP contribution in [0.5, 0.6) is 0 Å². The Hall–Kier alpha value is -2.34. The third-order valence-electron chi connectivity index (χ3n) is 5.46. The lowest BCUT2D eigenvalue weighted by Gasteiger charge is -2.35. The van der Waals surface area contributed by atoms with Gasteiger partial charge in [0.25, 0.3) is 0 Å². The molecule has 1 aliphatic heterocycles. The second-order valence-electron chi connectivity index (χ2n) is 7.31. The average molecular weight is 399 g/mol. The van der Waals surface area contributed by atoms with Crippen molar-refractivity contribution in [3.63, 3.8) is 0 Å². The standard InChI is InChI=1S/C22H23FN2O2S/c23-17-6-8-18(9-7-17)28-15-21(26)24-10-12-25(13-11-24)22(27)20-14-19(20)16-4-2-1-3-5-16/h1-9,19-20H,10-15H2/t19-,20-/m1/s1. The van der Waals surface area contributed by atoms with Crippen LogP contribution < -0.4 is 0 Å². The monoisotopic (exact) mass is 398 g/mol. The number of thioether (sulfide) groups is 1. The third-order valence-corrected chi connectivity index (χ3v) is 6.45. The number of amides is 2. The van der Waals surface area contributed by atoms with E-state index >= 15 is 0 Å². The van der Waals surface area contributed by atoms with Crippen LogP contribution >= 0.6 is 11.8 Å². The maximum Gasteiger partial charge on any atom is 0.233 e. The normalized spacial score (nSPS) is 21.5. The van der Waals surface area contributed by atoms with Crippen LogP contribution in [0, 0.1) is 11.7 Å². The lowest BCUT2D eigenvalue weighted by atomic mass is 10.1. The van der Waals surface area contributed by atoms with E-state index in [2.05, 4.69) is 12.1 Å². The number of nitrogens with zero attached hydrogens (tertiary/aromatic N) is 2. The zero-order valence-corrected chi connectivity index (χ0v) is 16.4. The van der Waals surface area contributed by atoms with E-state index in [0.29, 0.717) is 37.8 Å². The maximum absolute atomic E-state index is 12.9. The molecule has 2 atom stereocenters. The molecular weight excluding hydrogens is 375 g/mol. The number of hydrogen-bond acceptors (Lipinski definition) is 3. The molecule has 2 aromatic carbocycles. The van der Waals surface area contributed by atoms with E-state index in [1.807, 2.05) is 28.0 Å². The minimum absolute atomic E-state index is 0.0648. The molecule has 2 aliphatic rings. The number of hydrogen-bond donors (Lipinski definition) is 0. The Kier molecular flexibility index (Phi) is 5.67. The Balaban J connectivity index is 1.22. The number of halogens is 1. The van der Waals surface area contributed by atoms with Crippen LogP contribution in [0.3, 0.4) is 0 Å². The molecule has 0 spiro atoms. The summed E-state index contributed by atoms with van der Waals surface area (Å²) in [6.07, 6.45) is 0.927. The summed E-state index contributed by atoms with van der Waals surface area (Å²) in [4.78, 5) is 29.8. The number of rotatable bonds is 5. The molecule has 1 aliphatic carbocycles. The molecule has 6 heteroatoms. The summed E-state index contributed by atoms with van der Waals surface area (Å²) in [5, 5.41) is 0. The molecule has 0 aromatic heterocycles. The van der Waals surface area contributed by atoms with Crippen molar-refractivity contribution in [3.05, 3.63) is 66.0 Å². The fourth-order valence-electron chi connectivity index (χ4n) is 3.71. The zero-order valence-electron chi connectivity index (χ0n) is 15.6. The van der Waals surface area contributed by atoms with Crippen molar-refractivity contribution >= 4 is 23.6 Å². The van der Waals surface area contributed by atoms with Gasteiger partial charge in [-0.1, -0.05) is 30.3 Å². The molecule has 1 saturated heterocycles. The van der Waals surface area contributed by atoms with Crippen LogP contribution in [0.2, 0.25) is 0 Å². The van der Waals surface area contributed by atoms with E-state index in [-0.39, 0.29) is 23.5 Å². The summed E-state index contributed by atoms with van der Waals surface area (Å²) >= 11 is 1.41. The van der Waals surface area contributed by atoms with Gasteiger partial charge in [-0.25, -0.2) is 4.39 Å². The van der Waals surface area contributed by atoms with Gasteiger partial charge >= 0.3 is 0 Å². The first kappa shape index (κ1) is 19.0. The molecule has 1 saturated carbocycles. The molecule has 2 aromatic rings. The van der Waals surface area contributed by atoms with Crippen LogP contribution in [0.15, 0.2) is 59.5 Å². The zero-order chi connectivity index (χ0) is 19.5. The van der Waals surface area contributed by atoms with Crippen LogP contribution in [0.1, 0.15) is 17.9 Å². The van der Waals surface area contributed by atoms with Crippen molar-refractivity contribution in [2.45, 2.75) is 17.2 Å². The van der Waals surface area contributed by atoms with E-state index in [9.17, 15) is 14.0 Å². The third kappa shape index (κ3) is 4.38. The Morgan fingerprint density at radius 2 is 1.57 bits per heavy atom. The van der Waals surface area contributed by atoms with Gasteiger partial charge in [0.05, 0.1) is 5.75 Å². The maximum atomic E-state index is 12.9. The Labute approximate surface area is 168 Å². The van der Waals surface area contributed by atoms with Gasteiger partial charge in [0, 0.05) is 37.0 Å². The van der Waals surface area contributed by atoms with E-state index < -0.39 is 0 Å². The van der Waals surface area contributed by atoms with Crippen molar-refractivity contribution in [3.8, 4) is 0 Å². The molecule has 28 heavy (non-hydrogen) atoms. The highest BCUT2D eigenvalue weighted by Gasteiger charge is 2.46. The Morgan fingerprint density at radius 1 is 0.929 bits per heavy atom. The fraction of sp³-hybridized carbons (Fsp3) is 0.364. The van der Waals surface area contributed by atoms with Gasteiger partial charge in [-0.05, 0) is 42.2 Å². The summed E-state index contributed by atoms with van der Waals surface area (Å²) in [6, 6.07) is 16.4. The Morgan fingerprint density at radius 3 is 2.25 bits per heavy atom. The number of carbonyl (C=O) groups is 2. The summed E-state index contributed by atoms with van der Waals surface area (Å²) < 4.78 is 12.9. The molecule has 2 fully saturated rings. The lowest BCUT2D eigenvalue weighted by Crippen LogP contribution is -2.51. The van der Waals surface area contributed by atoms with Gasteiger partial charge in [-0.15, -0.1) is 11.8 Å². The minimum atomic E-state index is -0.276. The van der Waals surface area contributed by atoms with E-state index in [0.717, 1.165) is 11.3 Å². The molecule has 0 bridgehead atoms. The fourth-order valence-corrected chi connectivity index (χ4v) is 4.52. The predicted octanol–water partition coefficient (Wildman–Crippen LogP) is 3.39. The van der Waals surface area contributed by atoms with Crippen molar-refractivity contribution < 1.29 is 14.0 Å². The van der Waals surface area contributed by atoms with Crippen LogP contribution in [-0.4, -0.2) is 53.5 Å². The molecule has 146 valence electrons. The van der Waals surface area contributed by atoms with E-state index in [4.69, 9.17) is 0 Å². The second-order valence-corrected chi connectivity index (χ2v) is 8.36. The molecule has 4 nitrogen and oxygen atoms in total. The SMILES string of the molecule is O=C(CSc1ccc(F)cc1)N1CCN(C(=O)[C@@H]2C[C@@H]2c2ccccc2)CC1. The van der Waals surface area contributed by atoms with Gasteiger partial charge in [0.15, 0.2) is 0 Å². The van der Waals surface area contributed by atoms with E-state index in [1.165, 1.54) is 29.5 Å². The first-order valence-electron chi connectivity index (χ1n) is 9.61. The smallest absolute Gasteiger partial charge is 0.233 e. The number of piperazine rings is 1. The highest BCUT2D eigenvalue weighted by Crippen LogP contribution is 2.48. The molecule has 1 heterocycles. The average Bonchev–Trinajstić information content (AvgIpc) is 3.54. The van der Waals surface area contributed by atoms with Crippen LogP contribution in [0.25, 0.3) is 0 Å². The summed E-state index contributed by atoms with van der Waals surface area (Å²) in [6.45, 7) is 2.36. The molecule has 0 unspecified atom stereocenters. The van der Waals surface area contributed by atoms with Crippen molar-refractivity contribution in [1.82, 2.24) is 9.80 Å². The molecule has 0 radical (unpaired) electrons.